The minimum atomic E-state index is -1.20. The van der Waals surface area contributed by atoms with Crippen LogP contribution in [0.4, 0.5) is 4.79 Å². The van der Waals surface area contributed by atoms with E-state index in [1.165, 1.54) is 0 Å². The molecule has 144 valence electrons. The van der Waals surface area contributed by atoms with Crippen LogP contribution < -0.4 is 5.32 Å². The van der Waals surface area contributed by atoms with Gasteiger partial charge in [-0.25, -0.2) is 4.79 Å². The van der Waals surface area contributed by atoms with Crippen LogP contribution in [0, 0.1) is 17.0 Å². The first-order chi connectivity index (χ1) is 12.6. The van der Waals surface area contributed by atoms with E-state index in [4.69, 9.17) is 16.3 Å². The summed E-state index contributed by atoms with van der Waals surface area (Å²) in [6, 6.07) is 11.5. The summed E-state index contributed by atoms with van der Waals surface area (Å²) in [6.07, 6.45) is -0.714. The SMILES string of the molecule is Cc1ccc([C@@H](NC(=O)OC(C)(C)C)[C@H](c2ccc(Cl)cc2)[N+](=O)[O-])cc1. The maximum atomic E-state index is 12.3. The minimum Gasteiger partial charge on any atom is -0.444 e. The second-order valence-electron chi connectivity index (χ2n) is 7.32. The van der Waals surface area contributed by atoms with Gasteiger partial charge in [0.15, 0.2) is 0 Å². The molecule has 1 amide bonds. The standard InChI is InChI=1S/C20H23ClN2O4/c1-13-5-7-14(8-6-13)17(22-19(24)27-20(2,3)4)18(23(25)26)15-9-11-16(21)12-10-15/h5-12,17-18H,1-4H3,(H,22,24)/t17-,18+/m1/s1. The molecule has 0 aliphatic carbocycles. The van der Waals surface area contributed by atoms with E-state index in [2.05, 4.69) is 5.32 Å². The lowest BCUT2D eigenvalue weighted by atomic mass is 9.93. The number of halogens is 1. The first-order valence-electron chi connectivity index (χ1n) is 8.52. The van der Waals surface area contributed by atoms with Crippen LogP contribution in [0.2, 0.25) is 5.02 Å². The Morgan fingerprint density at radius 2 is 1.59 bits per heavy atom. The summed E-state index contributed by atoms with van der Waals surface area (Å²) in [5, 5.41) is 15.1. The molecule has 2 rings (SSSR count). The number of nitro groups is 1. The van der Waals surface area contributed by atoms with Gasteiger partial charge in [-0.3, -0.25) is 10.1 Å². The summed E-state index contributed by atoms with van der Waals surface area (Å²) in [6.45, 7) is 7.12. The Labute approximate surface area is 163 Å². The van der Waals surface area contributed by atoms with Gasteiger partial charge in [-0.15, -0.1) is 0 Å². The van der Waals surface area contributed by atoms with Gasteiger partial charge in [-0.05, 0) is 45.4 Å². The third kappa shape index (κ3) is 5.96. The van der Waals surface area contributed by atoms with Gasteiger partial charge in [0.05, 0.1) is 0 Å². The van der Waals surface area contributed by atoms with E-state index in [9.17, 15) is 14.9 Å². The number of ether oxygens (including phenoxy) is 1. The Bertz CT molecular complexity index is 798. The van der Waals surface area contributed by atoms with E-state index < -0.39 is 28.7 Å². The van der Waals surface area contributed by atoms with Crippen molar-refractivity contribution in [2.45, 2.75) is 45.4 Å². The molecule has 0 saturated heterocycles. The maximum Gasteiger partial charge on any atom is 0.408 e. The zero-order valence-electron chi connectivity index (χ0n) is 15.7. The summed E-state index contributed by atoms with van der Waals surface area (Å²) < 4.78 is 5.30. The van der Waals surface area contributed by atoms with Crippen LogP contribution in [-0.4, -0.2) is 16.6 Å². The van der Waals surface area contributed by atoms with Gasteiger partial charge in [0, 0.05) is 15.5 Å². The molecule has 0 aliphatic heterocycles. The Morgan fingerprint density at radius 1 is 1.07 bits per heavy atom. The molecular weight excluding hydrogens is 368 g/mol. The van der Waals surface area contributed by atoms with E-state index in [-0.39, 0.29) is 0 Å². The summed E-state index contributed by atoms with van der Waals surface area (Å²) in [4.78, 5) is 23.8. The van der Waals surface area contributed by atoms with Crippen LogP contribution >= 0.6 is 11.6 Å². The Morgan fingerprint density at radius 3 is 2.07 bits per heavy atom. The van der Waals surface area contributed by atoms with Gasteiger partial charge >= 0.3 is 6.09 Å². The number of benzene rings is 2. The quantitative estimate of drug-likeness (QED) is 0.559. The predicted molar refractivity (Wildman–Crippen MR) is 104 cm³/mol. The van der Waals surface area contributed by atoms with Crippen molar-refractivity contribution in [1.29, 1.82) is 0 Å². The number of carbonyl (C=O) groups is 1. The van der Waals surface area contributed by atoms with Crippen molar-refractivity contribution in [2.24, 2.45) is 0 Å². The predicted octanol–water partition coefficient (Wildman–Crippen LogP) is 5.23. The van der Waals surface area contributed by atoms with Crippen LogP contribution in [0.15, 0.2) is 48.5 Å². The Hall–Kier alpha value is -2.60. The highest BCUT2D eigenvalue weighted by atomic mass is 35.5. The molecule has 0 heterocycles. The second kappa shape index (κ2) is 8.39. The third-order valence-corrected chi connectivity index (χ3v) is 4.12. The number of aryl methyl sites for hydroxylation is 1. The Kier molecular flexibility index (Phi) is 6.44. The van der Waals surface area contributed by atoms with E-state index >= 15 is 0 Å². The number of nitrogens with one attached hydrogen (secondary N) is 1. The van der Waals surface area contributed by atoms with Gasteiger partial charge in [-0.2, -0.15) is 0 Å². The van der Waals surface area contributed by atoms with Crippen molar-refractivity contribution < 1.29 is 14.5 Å². The van der Waals surface area contributed by atoms with E-state index in [0.29, 0.717) is 16.1 Å². The van der Waals surface area contributed by atoms with Crippen molar-refractivity contribution in [2.75, 3.05) is 0 Å². The number of rotatable bonds is 5. The third-order valence-electron chi connectivity index (χ3n) is 3.86. The van der Waals surface area contributed by atoms with Crippen LogP contribution in [0.3, 0.4) is 0 Å². The molecule has 6 nitrogen and oxygen atoms in total. The maximum absolute atomic E-state index is 12.3. The molecule has 0 saturated carbocycles. The molecule has 0 aromatic heterocycles. The molecule has 0 spiro atoms. The van der Waals surface area contributed by atoms with Crippen molar-refractivity contribution in [1.82, 2.24) is 5.32 Å². The van der Waals surface area contributed by atoms with Gasteiger partial charge in [0.25, 0.3) is 6.04 Å². The molecule has 2 atom stereocenters. The van der Waals surface area contributed by atoms with E-state index in [1.807, 2.05) is 19.1 Å². The van der Waals surface area contributed by atoms with Crippen LogP contribution in [0.25, 0.3) is 0 Å². The zero-order chi connectivity index (χ0) is 20.2. The number of carbonyl (C=O) groups excluding carboxylic acids is 1. The highest BCUT2D eigenvalue weighted by Crippen LogP contribution is 2.33. The summed E-state index contributed by atoms with van der Waals surface area (Å²) >= 11 is 5.91. The highest BCUT2D eigenvalue weighted by Gasteiger charge is 2.36. The monoisotopic (exact) mass is 390 g/mol. The van der Waals surface area contributed by atoms with E-state index in [1.54, 1.807) is 57.2 Å². The van der Waals surface area contributed by atoms with Crippen molar-refractivity contribution in [3.8, 4) is 0 Å². The van der Waals surface area contributed by atoms with Crippen molar-refractivity contribution in [3.63, 3.8) is 0 Å². The number of hydrogen-bond acceptors (Lipinski definition) is 4. The zero-order valence-corrected chi connectivity index (χ0v) is 16.5. The molecule has 7 heteroatoms. The Balaban J connectivity index is 2.44. The lowest BCUT2D eigenvalue weighted by molar-refractivity contribution is -0.534. The molecule has 0 bridgehead atoms. The molecule has 0 aliphatic rings. The topological polar surface area (TPSA) is 81.5 Å². The van der Waals surface area contributed by atoms with Gasteiger partial charge in [0.2, 0.25) is 0 Å². The molecule has 1 N–H and O–H groups in total. The highest BCUT2D eigenvalue weighted by molar-refractivity contribution is 6.30. The minimum absolute atomic E-state index is 0.412. The summed E-state index contributed by atoms with van der Waals surface area (Å²) in [5.74, 6) is 0. The largest absolute Gasteiger partial charge is 0.444 e. The van der Waals surface area contributed by atoms with Crippen LogP contribution in [0.1, 0.15) is 49.5 Å². The molecule has 0 fully saturated rings. The van der Waals surface area contributed by atoms with Gasteiger partial charge in [-0.1, -0.05) is 53.6 Å². The number of amides is 1. The number of nitrogens with zero attached hydrogens (tertiary/aromatic N) is 1. The second-order valence-corrected chi connectivity index (χ2v) is 7.75. The number of alkyl carbamates (subject to hydrolysis) is 1. The summed E-state index contributed by atoms with van der Waals surface area (Å²) in [7, 11) is 0. The smallest absolute Gasteiger partial charge is 0.408 e. The van der Waals surface area contributed by atoms with Crippen molar-refractivity contribution >= 4 is 17.7 Å². The van der Waals surface area contributed by atoms with Crippen molar-refractivity contribution in [3.05, 3.63) is 80.4 Å². The molecule has 0 unspecified atom stereocenters. The average Bonchev–Trinajstić information content (AvgIpc) is 2.55. The molecule has 2 aromatic carbocycles. The van der Waals surface area contributed by atoms with Crippen LogP contribution in [0.5, 0.6) is 0 Å². The fraction of sp³-hybridized carbons (Fsp3) is 0.350. The van der Waals surface area contributed by atoms with E-state index in [0.717, 1.165) is 5.56 Å². The normalized spacial score (nSPS) is 13.5. The average molecular weight is 391 g/mol. The number of hydrogen-bond donors (Lipinski definition) is 1. The summed E-state index contributed by atoms with van der Waals surface area (Å²) in [5.41, 5.74) is 1.35. The molecular formula is C20H23ClN2O4. The first-order valence-corrected chi connectivity index (χ1v) is 8.89. The molecule has 27 heavy (non-hydrogen) atoms. The fourth-order valence-corrected chi connectivity index (χ4v) is 2.77. The molecule has 0 radical (unpaired) electrons. The van der Waals surface area contributed by atoms with Crippen LogP contribution in [-0.2, 0) is 4.74 Å². The van der Waals surface area contributed by atoms with Gasteiger partial charge in [0.1, 0.15) is 11.6 Å². The fourth-order valence-electron chi connectivity index (χ4n) is 2.65. The first kappa shape index (κ1) is 20.7. The lowest BCUT2D eigenvalue weighted by Crippen LogP contribution is -2.39. The molecule has 2 aromatic rings. The van der Waals surface area contributed by atoms with Gasteiger partial charge < -0.3 is 10.1 Å². The lowest BCUT2D eigenvalue weighted by Gasteiger charge is -2.26.